The summed E-state index contributed by atoms with van der Waals surface area (Å²) in [6, 6.07) is -0.237. The molecule has 0 bridgehead atoms. The van der Waals surface area contributed by atoms with Gasteiger partial charge in [0.05, 0.1) is 6.04 Å². The van der Waals surface area contributed by atoms with E-state index in [-0.39, 0.29) is 11.9 Å². The van der Waals surface area contributed by atoms with Crippen LogP contribution in [0.15, 0.2) is 0 Å². The molecule has 0 aromatic rings. The van der Waals surface area contributed by atoms with E-state index in [4.69, 9.17) is 5.73 Å². The first-order chi connectivity index (χ1) is 6.25. The smallest absolute Gasteiger partial charge is 0.239 e. The van der Waals surface area contributed by atoms with Gasteiger partial charge in [0, 0.05) is 13.1 Å². The molecule has 76 valence electrons. The number of likely N-dealkylation sites (tertiary alicyclic amines) is 1. The zero-order valence-electron chi connectivity index (χ0n) is 8.46. The summed E-state index contributed by atoms with van der Waals surface area (Å²) in [5.41, 5.74) is 5.75. The average Bonchev–Trinajstić information content (AvgIpc) is 2.28. The van der Waals surface area contributed by atoms with E-state index in [1.54, 1.807) is 0 Å². The van der Waals surface area contributed by atoms with Crippen molar-refractivity contribution in [3.8, 4) is 0 Å². The number of unbranched alkanes of at least 4 members (excludes halogenated alkanes) is 1. The molecular weight excluding hydrogens is 164 g/mol. The Hall–Kier alpha value is -0.570. The molecule has 0 spiro atoms. The molecule has 0 aromatic carbocycles. The third kappa shape index (κ3) is 2.99. The molecule has 0 unspecified atom stereocenters. The number of nitrogens with zero attached hydrogens (tertiary/aromatic N) is 1. The topological polar surface area (TPSA) is 46.3 Å². The highest BCUT2D eigenvalue weighted by Gasteiger charge is 2.22. The van der Waals surface area contributed by atoms with Crippen molar-refractivity contribution in [3.05, 3.63) is 0 Å². The molecule has 1 amide bonds. The molecule has 1 heterocycles. The zero-order chi connectivity index (χ0) is 9.68. The molecule has 1 atom stereocenters. The van der Waals surface area contributed by atoms with Crippen LogP contribution < -0.4 is 5.73 Å². The summed E-state index contributed by atoms with van der Waals surface area (Å²) in [5, 5.41) is 0. The Morgan fingerprint density at radius 2 is 2.31 bits per heavy atom. The van der Waals surface area contributed by atoms with Crippen LogP contribution in [0.25, 0.3) is 0 Å². The van der Waals surface area contributed by atoms with Crippen LogP contribution in [0.3, 0.4) is 0 Å². The summed E-state index contributed by atoms with van der Waals surface area (Å²) in [4.78, 5) is 13.6. The Bertz CT molecular complexity index is 170. The number of rotatable bonds is 3. The van der Waals surface area contributed by atoms with Crippen molar-refractivity contribution < 1.29 is 4.79 Å². The lowest BCUT2D eigenvalue weighted by molar-refractivity contribution is -0.132. The highest BCUT2D eigenvalue weighted by atomic mass is 16.2. The normalized spacial score (nSPS) is 24.6. The van der Waals surface area contributed by atoms with E-state index in [1.807, 2.05) is 4.90 Å². The van der Waals surface area contributed by atoms with Gasteiger partial charge in [0.1, 0.15) is 0 Å². The van der Waals surface area contributed by atoms with Crippen LogP contribution in [0.2, 0.25) is 0 Å². The Balaban J connectivity index is 2.44. The number of carbonyl (C=O) groups is 1. The van der Waals surface area contributed by atoms with Gasteiger partial charge in [0.15, 0.2) is 0 Å². The summed E-state index contributed by atoms with van der Waals surface area (Å²) >= 11 is 0. The van der Waals surface area contributed by atoms with Crippen LogP contribution in [-0.4, -0.2) is 29.9 Å². The fourth-order valence-corrected chi connectivity index (χ4v) is 1.71. The first-order valence-corrected chi connectivity index (χ1v) is 5.30. The standard InChI is InChI=1S/C10H20N2O/c1-2-3-7-12-8-5-4-6-9(11)10(12)13/h9H,2-8,11H2,1H3/t9-/m1/s1. The fourth-order valence-electron chi connectivity index (χ4n) is 1.71. The maximum Gasteiger partial charge on any atom is 0.239 e. The van der Waals surface area contributed by atoms with Gasteiger partial charge in [-0.2, -0.15) is 0 Å². The Morgan fingerprint density at radius 1 is 1.54 bits per heavy atom. The Labute approximate surface area is 80.3 Å². The van der Waals surface area contributed by atoms with Crippen LogP contribution >= 0.6 is 0 Å². The lowest BCUT2D eigenvalue weighted by Crippen LogP contribution is -2.42. The van der Waals surface area contributed by atoms with Crippen molar-refractivity contribution in [2.24, 2.45) is 5.73 Å². The van der Waals surface area contributed by atoms with Crippen molar-refractivity contribution in [2.75, 3.05) is 13.1 Å². The molecule has 0 aliphatic carbocycles. The van der Waals surface area contributed by atoms with Gasteiger partial charge in [0.2, 0.25) is 5.91 Å². The minimum absolute atomic E-state index is 0.158. The first-order valence-electron chi connectivity index (χ1n) is 5.30. The second kappa shape index (κ2) is 5.22. The Morgan fingerprint density at radius 3 is 3.00 bits per heavy atom. The maximum absolute atomic E-state index is 11.7. The molecule has 1 aliphatic heterocycles. The van der Waals surface area contributed by atoms with Gasteiger partial charge in [-0.3, -0.25) is 4.79 Å². The SMILES string of the molecule is CCCCN1CCCC[C@@H](N)C1=O. The van der Waals surface area contributed by atoms with Gasteiger partial charge in [-0.25, -0.2) is 0 Å². The lowest BCUT2D eigenvalue weighted by atomic mass is 10.1. The summed E-state index contributed by atoms with van der Waals surface area (Å²) < 4.78 is 0. The molecule has 1 saturated heterocycles. The van der Waals surface area contributed by atoms with Crippen LogP contribution in [-0.2, 0) is 4.79 Å². The molecule has 0 radical (unpaired) electrons. The van der Waals surface area contributed by atoms with Gasteiger partial charge < -0.3 is 10.6 Å². The van der Waals surface area contributed by atoms with Crippen molar-refractivity contribution in [2.45, 2.75) is 45.1 Å². The van der Waals surface area contributed by atoms with Gasteiger partial charge in [0.25, 0.3) is 0 Å². The highest BCUT2D eigenvalue weighted by molar-refractivity contribution is 5.81. The van der Waals surface area contributed by atoms with Gasteiger partial charge in [-0.1, -0.05) is 13.3 Å². The number of amides is 1. The van der Waals surface area contributed by atoms with Gasteiger partial charge in [-0.05, 0) is 25.7 Å². The zero-order valence-corrected chi connectivity index (χ0v) is 8.46. The predicted molar refractivity (Wildman–Crippen MR) is 53.3 cm³/mol. The van der Waals surface area contributed by atoms with Crippen molar-refractivity contribution in [1.82, 2.24) is 4.90 Å². The van der Waals surface area contributed by atoms with Crippen LogP contribution in [0, 0.1) is 0 Å². The maximum atomic E-state index is 11.7. The van der Waals surface area contributed by atoms with E-state index in [0.29, 0.717) is 0 Å². The van der Waals surface area contributed by atoms with Crippen molar-refractivity contribution in [3.63, 3.8) is 0 Å². The highest BCUT2D eigenvalue weighted by Crippen LogP contribution is 2.11. The summed E-state index contributed by atoms with van der Waals surface area (Å²) in [6.07, 6.45) is 5.30. The quantitative estimate of drug-likeness (QED) is 0.714. The van der Waals surface area contributed by atoms with Gasteiger partial charge >= 0.3 is 0 Å². The van der Waals surface area contributed by atoms with E-state index >= 15 is 0 Å². The van der Waals surface area contributed by atoms with Crippen molar-refractivity contribution in [1.29, 1.82) is 0 Å². The molecule has 3 heteroatoms. The van der Waals surface area contributed by atoms with Crippen LogP contribution in [0.5, 0.6) is 0 Å². The predicted octanol–water partition coefficient (Wildman–Crippen LogP) is 1.13. The van der Waals surface area contributed by atoms with E-state index in [9.17, 15) is 4.79 Å². The largest absolute Gasteiger partial charge is 0.341 e. The molecule has 1 aliphatic rings. The van der Waals surface area contributed by atoms with Crippen LogP contribution in [0.4, 0.5) is 0 Å². The van der Waals surface area contributed by atoms with E-state index in [1.165, 1.54) is 0 Å². The molecule has 1 rings (SSSR count). The molecular formula is C10H20N2O. The molecule has 13 heavy (non-hydrogen) atoms. The summed E-state index contributed by atoms with van der Waals surface area (Å²) in [6.45, 7) is 3.94. The first kappa shape index (κ1) is 10.5. The second-order valence-corrected chi connectivity index (χ2v) is 3.78. The fraction of sp³-hybridized carbons (Fsp3) is 0.900. The van der Waals surface area contributed by atoms with E-state index in [2.05, 4.69) is 6.92 Å². The molecule has 0 aromatic heterocycles. The minimum atomic E-state index is -0.237. The molecule has 1 fully saturated rings. The number of nitrogens with two attached hydrogens (primary N) is 1. The van der Waals surface area contributed by atoms with Gasteiger partial charge in [-0.15, -0.1) is 0 Å². The van der Waals surface area contributed by atoms with Crippen LogP contribution in [0.1, 0.15) is 39.0 Å². The summed E-state index contributed by atoms with van der Waals surface area (Å²) in [7, 11) is 0. The molecule has 3 nitrogen and oxygen atoms in total. The third-order valence-electron chi connectivity index (χ3n) is 2.60. The molecule has 2 N–H and O–H groups in total. The van der Waals surface area contributed by atoms with Crippen molar-refractivity contribution >= 4 is 5.91 Å². The number of carbonyl (C=O) groups excluding carboxylic acids is 1. The second-order valence-electron chi connectivity index (χ2n) is 3.78. The van der Waals surface area contributed by atoms with E-state index < -0.39 is 0 Å². The summed E-state index contributed by atoms with van der Waals surface area (Å²) in [5.74, 6) is 0.158. The average molecular weight is 184 g/mol. The lowest BCUT2D eigenvalue weighted by Gasteiger charge is -2.22. The monoisotopic (exact) mass is 184 g/mol. The van der Waals surface area contributed by atoms with E-state index in [0.717, 1.165) is 45.2 Å². The number of hydrogen-bond donors (Lipinski definition) is 1. The Kier molecular flexibility index (Phi) is 4.22. The minimum Gasteiger partial charge on any atom is -0.341 e. The third-order valence-corrected chi connectivity index (χ3v) is 2.60. The molecule has 0 saturated carbocycles. The number of hydrogen-bond acceptors (Lipinski definition) is 2.